The molecular weight excluding hydrogens is 171 g/mol. The van der Waals surface area contributed by atoms with Gasteiger partial charge in [0.25, 0.3) is 0 Å². The summed E-state index contributed by atoms with van der Waals surface area (Å²) < 4.78 is 18.0. The Morgan fingerprint density at radius 3 is 2.92 bits per heavy atom. The molecule has 0 atom stereocenters. The topological polar surface area (TPSA) is 59.0 Å². The van der Waals surface area contributed by atoms with Crippen LogP contribution in [0.3, 0.4) is 0 Å². The lowest BCUT2D eigenvalue weighted by Gasteiger charge is -2.05. The summed E-state index contributed by atoms with van der Waals surface area (Å²) in [5.41, 5.74) is 5.13. The summed E-state index contributed by atoms with van der Waals surface area (Å²) in [6.45, 7) is 0.611. The Hall–Kier alpha value is -1.60. The van der Waals surface area contributed by atoms with Crippen LogP contribution in [0.15, 0.2) is 18.2 Å². The lowest BCUT2D eigenvalue weighted by atomic mass is 10.2. The van der Waals surface area contributed by atoms with Gasteiger partial charge in [0.15, 0.2) is 0 Å². The number of rotatable bonds is 3. The van der Waals surface area contributed by atoms with E-state index in [4.69, 9.17) is 15.7 Å². The van der Waals surface area contributed by atoms with E-state index in [0.29, 0.717) is 6.54 Å². The van der Waals surface area contributed by atoms with Gasteiger partial charge >= 0.3 is 0 Å². The van der Waals surface area contributed by atoms with Gasteiger partial charge < -0.3 is 10.5 Å². The maximum Gasteiger partial charge on any atom is 0.144 e. The summed E-state index contributed by atoms with van der Waals surface area (Å²) >= 11 is 0. The van der Waals surface area contributed by atoms with Crippen LogP contribution in [0.25, 0.3) is 0 Å². The third-order valence-electron chi connectivity index (χ3n) is 1.46. The molecule has 0 spiro atoms. The lowest BCUT2D eigenvalue weighted by molar-refractivity contribution is 0.325. The fourth-order valence-corrected chi connectivity index (χ4v) is 0.902. The van der Waals surface area contributed by atoms with Crippen LogP contribution in [0, 0.1) is 17.1 Å². The van der Waals surface area contributed by atoms with E-state index in [9.17, 15) is 4.39 Å². The lowest BCUT2D eigenvalue weighted by Crippen LogP contribution is -2.11. The molecule has 0 aliphatic carbocycles. The Kier molecular flexibility index (Phi) is 3.23. The fourth-order valence-electron chi connectivity index (χ4n) is 0.902. The summed E-state index contributed by atoms with van der Waals surface area (Å²) in [7, 11) is 0. The first kappa shape index (κ1) is 9.49. The number of nitriles is 1. The van der Waals surface area contributed by atoms with Gasteiger partial charge in [-0.25, -0.2) is 4.39 Å². The van der Waals surface area contributed by atoms with Gasteiger partial charge in [0, 0.05) is 6.54 Å². The first-order chi connectivity index (χ1) is 6.29. The molecule has 0 aliphatic heterocycles. The molecule has 0 heterocycles. The first-order valence-corrected chi connectivity index (χ1v) is 3.81. The van der Waals surface area contributed by atoms with E-state index in [1.165, 1.54) is 18.2 Å². The third-order valence-corrected chi connectivity index (χ3v) is 1.46. The zero-order chi connectivity index (χ0) is 9.68. The summed E-state index contributed by atoms with van der Waals surface area (Å²) in [6, 6.07) is 5.98. The predicted molar refractivity (Wildman–Crippen MR) is 45.7 cm³/mol. The van der Waals surface area contributed by atoms with Crippen molar-refractivity contribution in [3.63, 3.8) is 0 Å². The number of halogens is 1. The molecule has 2 N–H and O–H groups in total. The van der Waals surface area contributed by atoms with E-state index in [2.05, 4.69) is 0 Å². The van der Waals surface area contributed by atoms with Gasteiger partial charge in [0.05, 0.1) is 0 Å². The Morgan fingerprint density at radius 2 is 2.31 bits per heavy atom. The molecule has 0 unspecified atom stereocenters. The molecule has 0 aromatic heterocycles. The molecule has 0 amide bonds. The largest absolute Gasteiger partial charge is 0.491 e. The molecule has 0 radical (unpaired) electrons. The Balaban J connectivity index is 2.93. The summed E-state index contributed by atoms with van der Waals surface area (Å²) in [4.78, 5) is 0. The van der Waals surface area contributed by atoms with Crippen LogP contribution in [0.5, 0.6) is 5.75 Å². The number of nitrogens with zero attached hydrogens (tertiary/aromatic N) is 1. The fraction of sp³-hybridized carbons (Fsp3) is 0.222. The van der Waals surface area contributed by atoms with Crippen molar-refractivity contribution in [3.8, 4) is 11.8 Å². The van der Waals surface area contributed by atoms with Crippen molar-refractivity contribution in [1.29, 1.82) is 5.26 Å². The molecule has 3 nitrogen and oxygen atoms in total. The minimum atomic E-state index is -0.572. The second-order valence-electron chi connectivity index (χ2n) is 2.36. The highest BCUT2D eigenvalue weighted by atomic mass is 19.1. The minimum Gasteiger partial charge on any atom is -0.491 e. The highest BCUT2D eigenvalue weighted by Crippen LogP contribution is 2.19. The van der Waals surface area contributed by atoms with Gasteiger partial charge in [-0.2, -0.15) is 5.26 Å². The van der Waals surface area contributed by atoms with E-state index in [1.807, 2.05) is 0 Å². The number of hydrogen-bond acceptors (Lipinski definition) is 3. The Labute approximate surface area is 75.5 Å². The van der Waals surface area contributed by atoms with E-state index in [0.717, 1.165) is 0 Å². The molecule has 1 aromatic carbocycles. The minimum absolute atomic E-state index is 0.0732. The molecule has 0 saturated heterocycles. The van der Waals surface area contributed by atoms with E-state index >= 15 is 0 Å². The van der Waals surface area contributed by atoms with Crippen LogP contribution < -0.4 is 10.5 Å². The van der Waals surface area contributed by atoms with Crippen molar-refractivity contribution >= 4 is 0 Å². The molecule has 1 aromatic rings. The van der Waals surface area contributed by atoms with Crippen LogP contribution >= 0.6 is 0 Å². The zero-order valence-corrected chi connectivity index (χ0v) is 6.96. The maximum absolute atomic E-state index is 12.9. The smallest absolute Gasteiger partial charge is 0.144 e. The maximum atomic E-state index is 12.9. The van der Waals surface area contributed by atoms with Crippen LogP contribution in [0.4, 0.5) is 4.39 Å². The van der Waals surface area contributed by atoms with Crippen LogP contribution in [0.2, 0.25) is 0 Å². The van der Waals surface area contributed by atoms with Crippen LogP contribution in [-0.2, 0) is 0 Å². The molecule has 0 saturated carbocycles. The summed E-state index contributed by atoms with van der Waals surface area (Å²) in [6.07, 6.45) is 0. The quantitative estimate of drug-likeness (QED) is 0.755. The molecule has 0 fully saturated rings. The van der Waals surface area contributed by atoms with Crippen molar-refractivity contribution in [2.75, 3.05) is 13.2 Å². The molecular formula is C9H9FN2O. The predicted octanol–water partition coefficient (Wildman–Crippen LogP) is 1.03. The molecule has 1 rings (SSSR count). The number of benzene rings is 1. The van der Waals surface area contributed by atoms with Gasteiger partial charge in [-0.3, -0.25) is 0 Å². The van der Waals surface area contributed by atoms with E-state index < -0.39 is 5.82 Å². The van der Waals surface area contributed by atoms with Gasteiger partial charge in [0.2, 0.25) is 0 Å². The standard InChI is InChI=1S/C9H9FN2O/c10-8-2-1-3-9(7(8)6-12)13-5-4-11/h1-3H,4-5,11H2. The third kappa shape index (κ3) is 2.17. The highest BCUT2D eigenvalue weighted by Gasteiger charge is 2.07. The van der Waals surface area contributed by atoms with Crippen molar-refractivity contribution in [2.24, 2.45) is 5.73 Å². The molecule has 0 bridgehead atoms. The molecule has 4 heteroatoms. The second kappa shape index (κ2) is 4.43. The van der Waals surface area contributed by atoms with Crippen LogP contribution in [0.1, 0.15) is 5.56 Å². The molecule has 68 valence electrons. The second-order valence-corrected chi connectivity index (χ2v) is 2.36. The average molecular weight is 180 g/mol. The van der Waals surface area contributed by atoms with Gasteiger partial charge in [-0.15, -0.1) is 0 Å². The van der Waals surface area contributed by atoms with E-state index in [1.54, 1.807) is 6.07 Å². The summed E-state index contributed by atoms with van der Waals surface area (Å²) in [5.74, 6) is -0.329. The normalized spacial score (nSPS) is 9.31. The number of ether oxygens (including phenoxy) is 1. The molecule has 13 heavy (non-hydrogen) atoms. The van der Waals surface area contributed by atoms with Gasteiger partial charge in [-0.1, -0.05) is 6.07 Å². The first-order valence-electron chi connectivity index (χ1n) is 3.81. The van der Waals surface area contributed by atoms with Gasteiger partial charge in [-0.05, 0) is 12.1 Å². The van der Waals surface area contributed by atoms with E-state index in [-0.39, 0.29) is 17.9 Å². The highest BCUT2D eigenvalue weighted by molar-refractivity contribution is 5.43. The average Bonchev–Trinajstić information content (AvgIpc) is 2.15. The van der Waals surface area contributed by atoms with Crippen molar-refractivity contribution < 1.29 is 9.13 Å². The molecule has 0 aliphatic rings. The monoisotopic (exact) mass is 180 g/mol. The number of nitrogens with two attached hydrogens (primary N) is 1. The Bertz CT molecular complexity index is 333. The SMILES string of the molecule is N#Cc1c(F)cccc1OCCN. The zero-order valence-electron chi connectivity index (χ0n) is 6.96. The van der Waals surface area contributed by atoms with Crippen molar-refractivity contribution in [3.05, 3.63) is 29.6 Å². The van der Waals surface area contributed by atoms with Crippen molar-refractivity contribution in [1.82, 2.24) is 0 Å². The summed E-state index contributed by atoms with van der Waals surface area (Å²) in [5, 5.41) is 8.60. The van der Waals surface area contributed by atoms with Gasteiger partial charge in [0.1, 0.15) is 29.8 Å². The Morgan fingerprint density at radius 1 is 1.54 bits per heavy atom. The van der Waals surface area contributed by atoms with Crippen LogP contribution in [-0.4, -0.2) is 13.2 Å². The van der Waals surface area contributed by atoms with Crippen molar-refractivity contribution in [2.45, 2.75) is 0 Å². The number of hydrogen-bond donors (Lipinski definition) is 1.